The number of carbonyl (C=O) groups excluding carboxylic acids is 2. The van der Waals surface area contributed by atoms with Crippen LogP contribution in [0.3, 0.4) is 0 Å². The third-order valence-electron chi connectivity index (χ3n) is 9.13. The number of phosphoric ester groups is 1. The Hall–Kier alpha value is -0.990. The van der Waals surface area contributed by atoms with Crippen LogP contribution in [0.2, 0.25) is 0 Å². The van der Waals surface area contributed by atoms with Crippen molar-refractivity contribution in [1.82, 2.24) is 0 Å². The van der Waals surface area contributed by atoms with Gasteiger partial charge in [-0.2, -0.15) is 0 Å². The molecule has 0 fully saturated rings. The largest absolute Gasteiger partial charge is 0.756 e. The van der Waals surface area contributed by atoms with E-state index in [1.165, 1.54) is 135 Å². The number of hydrogen-bond donors (Lipinski definition) is 0. The van der Waals surface area contributed by atoms with Crippen molar-refractivity contribution in [3.63, 3.8) is 0 Å². The maximum atomic E-state index is 12.5. The molecular formula is C40H80NO8P. The van der Waals surface area contributed by atoms with Gasteiger partial charge in [-0.05, 0) is 12.8 Å². The number of quaternary nitrogens is 1. The molecule has 50 heavy (non-hydrogen) atoms. The molecule has 0 saturated heterocycles. The lowest BCUT2D eigenvalue weighted by molar-refractivity contribution is -0.870. The molecule has 0 saturated carbocycles. The monoisotopic (exact) mass is 734 g/mol. The van der Waals surface area contributed by atoms with Crippen molar-refractivity contribution in [3.05, 3.63) is 0 Å². The van der Waals surface area contributed by atoms with Crippen molar-refractivity contribution in [2.24, 2.45) is 0 Å². The Balaban J connectivity index is 3.88. The Kier molecular flexibility index (Phi) is 33.2. The summed E-state index contributed by atoms with van der Waals surface area (Å²) >= 11 is 0. The second-order valence-electron chi connectivity index (χ2n) is 15.4. The van der Waals surface area contributed by atoms with Gasteiger partial charge in [0.1, 0.15) is 19.8 Å². The van der Waals surface area contributed by atoms with Crippen LogP contribution in [0.1, 0.15) is 194 Å². The summed E-state index contributed by atoms with van der Waals surface area (Å²) in [6.45, 7) is 3.98. The van der Waals surface area contributed by atoms with Crippen molar-refractivity contribution in [2.75, 3.05) is 47.5 Å². The average molecular weight is 734 g/mol. The van der Waals surface area contributed by atoms with Crippen LogP contribution >= 0.6 is 7.82 Å². The smallest absolute Gasteiger partial charge is 0.306 e. The van der Waals surface area contributed by atoms with Gasteiger partial charge in [-0.3, -0.25) is 14.2 Å². The highest BCUT2D eigenvalue weighted by Crippen LogP contribution is 2.38. The number of esters is 2. The zero-order chi connectivity index (χ0) is 37.2. The molecule has 0 amide bonds. The molecular weight excluding hydrogens is 653 g/mol. The lowest BCUT2D eigenvalue weighted by Crippen LogP contribution is -2.37. The van der Waals surface area contributed by atoms with Gasteiger partial charge in [-0.15, -0.1) is 0 Å². The van der Waals surface area contributed by atoms with E-state index in [9.17, 15) is 19.0 Å². The molecule has 0 radical (unpaired) electrons. The van der Waals surface area contributed by atoms with Crippen molar-refractivity contribution >= 4 is 19.8 Å². The first-order chi connectivity index (χ1) is 24.0. The van der Waals surface area contributed by atoms with Crippen molar-refractivity contribution < 1.29 is 42.1 Å². The second kappa shape index (κ2) is 33.8. The van der Waals surface area contributed by atoms with E-state index in [-0.39, 0.29) is 26.1 Å². The summed E-state index contributed by atoms with van der Waals surface area (Å²) in [6, 6.07) is 0. The summed E-state index contributed by atoms with van der Waals surface area (Å²) in [5.41, 5.74) is 0. The highest BCUT2D eigenvalue weighted by atomic mass is 31.2. The molecule has 0 aliphatic carbocycles. The number of phosphoric acid groups is 1. The maximum Gasteiger partial charge on any atom is 0.306 e. The van der Waals surface area contributed by atoms with Gasteiger partial charge in [0.25, 0.3) is 7.82 Å². The topological polar surface area (TPSA) is 111 Å². The molecule has 0 aromatic carbocycles. The third-order valence-corrected chi connectivity index (χ3v) is 10.1. The van der Waals surface area contributed by atoms with Crippen LogP contribution < -0.4 is 4.89 Å². The molecule has 10 heteroatoms. The van der Waals surface area contributed by atoms with Crippen LogP contribution in [-0.4, -0.2) is 70.0 Å². The standard InChI is InChI=1S/C40H80NO8P/c1-6-8-10-11-12-13-14-15-16-17-18-19-20-21-22-23-24-25-26-27-28-29-30-31-33-40(43)49-38(36-46-39(42)32-9-7-2)37-48-50(44,45)47-35-34-41(3,4)5/h38H,6-37H2,1-5H3. The number of unbranched alkanes of at least 4 members (excludes halogenated alkanes) is 24. The Bertz CT molecular complexity index is 835. The minimum atomic E-state index is -4.59. The average Bonchev–Trinajstić information content (AvgIpc) is 3.06. The molecule has 0 aromatic rings. The summed E-state index contributed by atoms with van der Waals surface area (Å²) in [5, 5.41) is 0. The van der Waals surface area contributed by atoms with Crippen LogP contribution in [0.4, 0.5) is 0 Å². The van der Waals surface area contributed by atoms with Gasteiger partial charge in [0.2, 0.25) is 0 Å². The summed E-state index contributed by atoms with van der Waals surface area (Å²) in [6.07, 6.45) is 32.7. The minimum Gasteiger partial charge on any atom is -0.756 e. The van der Waals surface area contributed by atoms with E-state index < -0.39 is 32.5 Å². The van der Waals surface area contributed by atoms with Crippen LogP contribution in [0.5, 0.6) is 0 Å². The number of hydrogen-bond acceptors (Lipinski definition) is 8. The van der Waals surface area contributed by atoms with Gasteiger partial charge in [-0.1, -0.05) is 168 Å². The summed E-state index contributed by atoms with van der Waals surface area (Å²) in [5.74, 6) is -0.865. The molecule has 2 unspecified atom stereocenters. The lowest BCUT2D eigenvalue weighted by atomic mass is 10.0. The maximum absolute atomic E-state index is 12.5. The van der Waals surface area contributed by atoms with Crippen molar-refractivity contribution in [3.8, 4) is 0 Å². The molecule has 0 aromatic heterocycles. The normalized spacial score (nSPS) is 13.6. The number of rotatable bonds is 38. The Morgan fingerprint density at radius 1 is 0.540 bits per heavy atom. The quantitative estimate of drug-likeness (QED) is 0.0267. The second-order valence-corrected chi connectivity index (χ2v) is 16.8. The van der Waals surface area contributed by atoms with Gasteiger partial charge >= 0.3 is 11.9 Å². The number of nitrogens with zero attached hydrogens (tertiary/aromatic N) is 1. The molecule has 0 spiro atoms. The molecule has 0 bridgehead atoms. The summed E-state index contributed by atoms with van der Waals surface area (Å²) < 4.78 is 33.3. The van der Waals surface area contributed by atoms with E-state index in [1.54, 1.807) is 0 Å². The fourth-order valence-electron chi connectivity index (χ4n) is 5.81. The molecule has 0 rings (SSSR count). The molecule has 0 aliphatic rings. The first kappa shape index (κ1) is 49.0. The fourth-order valence-corrected chi connectivity index (χ4v) is 6.54. The van der Waals surface area contributed by atoms with E-state index in [2.05, 4.69) is 6.92 Å². The highest BCUT2D eigenvalue weighted by Gasteiger charge is 2.21. The number of ether oxygens (including phenoxy) is 2. The predicted molar refractivity (Wildman–Crippen MR) is 204 cm³/mol. The van der Waals surface area contributed by atoms with Gasteiger partial charge < -0.3 is 27.9 Å². The zero-order valence-corrected chi connectivity index (χ0v) is 34.3. The van der Waals surface area contributed by atoms with E-state index >= 15 is 0 Å². The SMILES string of the molecule is CCCCCCCCCCCCCCCCCCCCCCCCCCC(=O)OC(COC(=O)CCCC)COP(=O)([O-])OCC[N+](C)(C)C. The molecule has 0 aliphatic heterocycles. The lowest BCUT2D eigenvalue weighted by Gasteiger charge is -2.28. The Morgan fingerprint density at radius 3 is 1.32 bits per heavy atom. The molecule has 0 N–H and O–H groups in total. The van der Waals surface area contributed by atoms with Crippen LogP contribution in [0, 0.1) is 0 Å². The van der Waals surface area contributed by atoms with Gasteiger partial charge in [0, 0.05) is 12.8 Å². The Labute approximate surface area is 308 Å². The van der Waals surface area contributed by atoms with Crippen LogP contribution in [0.15, 0.2) is 0 Å². The molecule has 2 atom stereocenters. The van der Waals surface area contributed by atoms with Gasteiger partial charge in [-0.25, -0.2) is 0 Å². The first-order valence-electron chi connectivity index (χ1n) is 20.7. The Morgan fingerprint density at radius 2 is 0.920 bits per heavy atom. The van der Waals surface area contributed by atoms with Crippen LogP contribution in [0.25, 0.3) is 0 Å². The summed E-state index contributed by atoms with van der Waals surface area (Å²) in [7, 11) is 1.17. The van der Waals surface area contributed by atoms with E-state index in [0.717, 1.165) is 19.3 Å². The first-order valence-corrected chi connectivity index (χ1v) is 22.2. The zero-order valence-electron chi connectivity index (χ0n) is 33.4. The van der Waals surface area contributed by atoms with E-state index in [0.29, 0.717) is 23.9 Å². The van der Waals surface area contributed by atoms with Gasteiger partial charge in [0.05, 0.1) is 27.7 Å². The van der Waals surface area contributed by atoms with Crippen LogP contribution in [-0.2, 0) is 32.7 Å². The summed E-state index contributed by atoms with van der Waals surface area (Å²) in [4.78, 5) is 36.7. The number of likely N-dealkylation sites (N-methyl/N-ethyl adjacent to an activating group) is 1. The molecule has 9 nitrogen and oxygen atoms in total. The van der Waals surface area contributed by atoms with Gasteiger partial charge in [0.15, 0.2) is 6.10 Å². The number of carbonyl (C=O) groups is 2. The molecule has 0 heterocycles. The predicted octanol–water partition coefficient (Wildman–Crippen LogP) is 10.6. The highest BCUT2D eigenvalue weighted by molar-refractivity contribution is 7.45. The minimum absolute atomic E-state index is 0.0275. The van der Waals surface area contributed by atoms with E-state index in [4.69, 9.17) is 18.5 Å². The third kappa shape index (κ3) is 36.8. The van der Waals surface area contributed by atoms with Crippen molar-refractivity contribution in [2.45, 2.75) is 200 Å². The fraction of sp³-hybridized carbons (Fsp3) is 0.950. The molecule has 298 valence electrons. The van der Waals surface area contributed by atoms with Crippen molar-refractivity contribution in [1.29, 1.82) is 0 Å². The van der Waals surface area contributed by atoms with E-state index in [1.807, 2.05) is 28.1 Å².